The Kier molecular flexibility index (Phi) is 5.10. The zero-order valence-corrected chi connectivity index (χ0v) is 14.1. The number of fused-ring (bicyclic) bond motifs is 1. The van der Waals surface area contributed by atoms with Crippen molar-refractivity contribution < 1.29 is 9.53 Å². The number of carbonyl (C=O) groups is 1. The summed E-state index contributed by atoms with van der Waals surface area (Å²) in [5, 5.41) is 8.37. The van der Waals surface area contributed by atoms with Crippen LogP contribution in [0.4, 0.5) is 0 Å². The molecule has 1 aromatic rings. The number of ether oxygens (including phenoxy) is 1. The molecule has 1 amide bonds. The van der Waals surface area contributed by atoms with Crippen LogP contribution in [0.1, 0.15) is 56.3 Å². The number of carbonyl (C=O) groups excluding carboxylic acids is 1. The van der Waals surface area contributed by atoms with Gasteiger partial charge in [-0.15, -0.1) is 5.10 Å². The highest BCUT2D eigenvalue weighted by Crippen LogP contribution is 2.28. The van der Waals surface area contributed by atoms with E-state index in [1.54, 1.807) is 0 Å². The van der Waals surface area contributed by atoms with Gasteiger partial charge in [0.2, 0.25) is 5.91 Å². The van der Waals surface area contributed by atoms with Crippen LogP contribution in [-0.4, -0.2) is 45.6 Å². The van der Waals surface area contributed by atoms with E-state index in [9.17, 15) is 4.79 Å². The Morgan fingerprint density at radius 3 is 3.04 bits per heavy atom. The van der Waals surface area contributed by atoms with Crippen molar-refractivity contribution in [2.24, 2.45) is 7.05 Å². The van der Waals surface area contributed by atoms with Crippen LogP contribution in [0, 0.1) is 0 Å². The van der Waals surface area contributed by atoms with Crippen molar-refractivity contribution in [2.75, 3.05) is 19.8 Å². The minimum absolute atomic E-state index is 0.156. The number of nitrogens with zero attached hydrogens (tertiary/aromatic N) is 4. The van der Waals surface area contributed by atoms with Gasteiger partial charge < -0.3 is 9.64 Å². The molecule has 3 rings (SSSR count). The third kappa shape index (κ3) is 3.63. The largest absolute Gasteiger partial charge is 0.381 e. The maximum atomic E-state index is 12.7. The zero-order valence-electron chi connectivity index (χ0n) is 14.1. The quantitative estimate of drug-likeness (QED) is 0.781. The summed E-state index contributed by atoms with van der Waals surface area (Å²) in [6.45, 7) is 4.54. The molecule has 0 aromatic carbocycles. The lowest BCUT2D eigenvalue weighted by Crippen LogP contribution is -2.40. The summed E-state index contributed by atoms with van der Waals surface area (Å²) in [7, 11) is 1.91. The van der Waals surface area contributed by atoms with Crippen molar-refractivity contribution in [3.05, 3.63) is 23.0 Å². The van der Waals surface area contributed by atoms with Gasteiger partial charge in [0.15, 0.2) is 0 Å². The number of aryl methyl sites for hydroxylation is 1. The van der Waals surface area contributed by atoms with Gasteiger partial charge in [0.1, 0.15) is 5.69 Å². The summed E-state index contributed by atoms with van der Waals surface area (Å²) < 4.78 is 7.44. The molecule has 1 aliphatic carbocycles. The standard InChI is InChI=1S/C17H26N4O2/c1-3-23-12-14-10-21(11-15-17(14)20(2)19-18-15)16(22)9-13-7-5-4-6-8-13/h7,14H,3-6,8-12H2,1-2H3/t14-/m1/s1. The molecule has 2 aliphatic rings. The zero-order chi connectivity index (χ0) is 16.2. The minimum atomic E-state index is 0.156. The molecule has 1 aromatic heterocycles. The van der Waals surface area contributed by atoms with Gasteiger partial charge in [-0.05, 0) is 32.6 Å². The van der Waals surface area contributed by atoms with Crippen LogP contribution in [0.2, 0.25) is 0 Å². The molecule has 6 nitrogen and oxygen atoms in total. The second-order valence-electron chi connectivity index (χ2n) is 6.46. The number of rotatable bonds is 5. The number of hydrogen-bond donors (Lipinski definition) is 0. The molecule has 6 heteroatoms. The molecule has 1 atom stereocenters. The number of hydrogen-bond acceptors (Lipinski definition) is 4. The van der Waals surface area contributed by atoms with E-state index in [2.05, 4.69) is 16.4 Å². The lowest BCUT2D eigenvalue weighted by Gasteiger charge is -2.32. The van der Waals surface area contributed by atoms with Crippen LogP contribution in [0.15, 0.2) is 11.6 Å². The van der Waals surface area contributed by atoms with Crippen LogP contribution in [0.3, 0.4) is 0 Å². The van der Waals surface area contributed by atoms with Crippen LogP contribution in [0.25, 0.3) is 0 Å². The Balaban J connectivity index is 1.71. The average Bonchev–Trinajstić information content (AvgIpc) is 2.95. The number of amides is 1. The third-order valence-electron chi connectivity index (χ3n) is 4.75. The van der Waals surface area contributed by atoms with Crippen LogP contribution >= 0.6 is 0 Å². The first-order valence-electron chi connectivity index (χ1n) is 8.61. The molecule has 0 saturated heterocycles. The molecule has 1 aliphatic heterocycles. The van der Waals surface area contributed by atoms with Gasteiger partial charge in [-0.1, -0.05) is 16.9 Å². The first kappa shape index (κ1) is 16.2. The lowest BCUT2D eigenvalue weighted by atomic mass is 9.95. The smallest absolute Gasteiger partial charge is 0.227 e. The maximum Gasteiger partial charge on any atom is 0.227 e. The molecule has 0 saturated carbocycles. The highest BCUT2D eigenvalue weighted by atomic mass is 16.5. The van der Waals surface area contributed by atoms with Crippen LogP contribution in [0.5, 0.6) is 0 Å². The van der Waals surface area contributed by atoms with Crippen molar-refractivity contribution in [1.29, 1.82) is 0 Å². The van der Waals surface area contributed by atoms with Crippen LogP contribution in [-0.2, 0) is 23.1 Å². The fourth-order valence-corrected chi connectivity index (χ4v) is 3.57. The molecule has 2 heterocycles. The second kappa shape index (κ2) is 7.25. The van der Waals surface area contributed by atoms with Crippen LogP contribution < -0.4 is 0 Å². The normalized spacial score (nSPS) is 21.0. The molecule has 0 bridgehead atoms. The fraction of sp³-hybridized carbons (Fsp3) is 0.706. The van der Waals surface area contributed by atoms with E-state index in [0.29, 0.717) is 32.7 Å². The summed E-state index contributed by atoms with van der Waals surface area (Å²) in [6.07, 6.45) is 7.44. The molecule has 0 spiro atoms. The average molecular weight is 318 g/mol. The van der Waals surface area contributed by atoms with Gasteiger partial charge >= 0.3 is 0 Å². The lowest BCUT2D eigenvalue weighted by molar-refractivity contribution is -0.132. The van der Waals surface area contributed by atoms with E-state index >= 15 is 0 Å². The number of allylic oxidation sites excluding steroid dienone is 1. The van der Waals surface area contributed by atoms with Crippen molar-refractivity contribution in [2.45, 2.75) is 51.5 Å². The molecule has 23 heavy (non-hydrogen) atoms. The van der Waals surface area contributed by atoms with E-state index < -0.39 is 0 Å². The predicted molar refractivity (Wildman–Crippen MR) is 86.8 cm³/mol. The van der Waals surface area contributed by atoms with Gasteiger partial charge in [0.05, 0.1) is 18.8 Å². The summed E-state index contributed by atoms with van der Waals surface area (Å²) in [5.41, 5.74) is 3.32. The SMILES string of the molecule is CCOC[C@H]1CN(C(=O)CC2=CCCCC2)Cc2nnn(C)c21. The molecule has 0 radical (unpaired) electrons. The van der Waals surface area contributed by atoms with Crippen molar-refractivity contribution in [3.63, 3.8) is 0 Å². The molecule has 0 unspecified atom stereocenters. The van der Waals surface area contributed by atoms with Gasteiger partial charge in [0.25, 0.3) is 0 Å². The Labute approximate surface area is 137 Å². The van der Waals surface area contributed by atoms with E-state index in [1.807, 2.05) is 23.6 Å². The first-order valence-corrected chi connectivity index (χ1v) is 8.61. The van der Waals surface area contributed by atoms with E-state index in [1.165, 1.54) is 18.4 Å². The Hall–Kier alpha value is -1.69. The van der Waals surface area contributed by atoms with Crippen molar-refractivity contribution >= 4 is 5.91 Å². The minimum Gasteiger partial charge on any atom is -0.381 e. The van der Waals surface area contributed by atoms with Gasteiger partial charge in [-0.2, -0.15) is 0 Å². The summed E-state index contributed by atoms with van der Waals surface area (Å²) in [4.78, 5) is 14.6. The maximum absolute atomic E-state index is 12.7. The van der Waals surface area contributed by atoms with Crippen molar-refractivity contribution in [1.82, 2.24) is 19.9 Å². The second-order valence-corrected chi connectivity index (χ2v) is 6.46. The van der Waals surface area contributed by atoms with E-state index in [0.717, 1.165) is 24.2 Å². The molecular weight excluding hydrogens is 292 g/mol. The Morgan fingerprint density at radius 1 is 1.43 bits per heavy atom. The van der Waals surface area contributed by atoms with Gasteiger partial charge in [0, 0.05) is 32.5 Å². The highest BCUT2D eigenvalue weighted by molar-refractivity contribution is 5.79. The highest BCUT2D eigenvalue weighted by Gasteiger charge is 2.32. The molecule has 0 fully saturated rings. The van der Waals surface area contributed by atoms with E-state index in [4.69, 9.17) is 4.74 Å². The Bertz CT molecular complexity index is 593. The van der Waals surface area contributed by atoms with Gasteiger partial charge in [-0.25, -0.2) is 0 Å². The molecule has 0 N–H and O–H groups in total. The van der Waals surface area contributed by atoms with E-state index in [-0.39, 0.29) is 11.8 Å². The molecule has 126 valence electrons. The Morgan fingerprint density at radius 2 is 2.30 bits per heavy atom. The number of aromatic nitrogens is 3. The summed E-state index contributed by atoms with van der Waals surface area (Å²) in [6, 6.07) is 0. The monoisotopic (exact) mass is 318 g/mol. The first-order chi connectivity index (χ1) is 11.2. The van der Waals surface area contributed by atoms with Crippen molar-refractivity contribution in [3.8, 4) is 0 Å². The topological polar surface area (TPSA) is 60.2 Å². The molecular formula is C17H26N4O2. The predicted octanol–water partition coefficient (Wildman–Crippen LogP) is 2.17. The van der Waals surface area contributed by atoms with Gasteiger partial charge in [-0.3, -0.25) is 9.48 Å². The summed E-state index contributed by atoms with van der Waals surface area (Å²) >= 11 is 0. The summed E-state index contributed by atoms with van der Waals surface area (Å²) in [5.74, 6) is 0.360. The fourth-order valence-electron chi connectivity index (χ4n) is 3.57. The third-order valence-corrected chi connectivity index (χ3v) is 4.75.